The van der Waals surface area contributed by atoms with Crippen molar-refractivity contribution in [3.8, 4) is 11.3 Å². The molecule has 0 aromatic carbocycles. The van der Waals surface area contributed by atoms with Gasteiger partial charge in [-0.25, -0.2) is 15.0 Å². The Hall–Kier alpha value is -4.08. The molecule has 0 spiro atoms. The number of hydrogen-bond acceptors (Lipinski definition) is 8. The minimum atomic E-state index is -0.691. The summed E-state index contributed by atoms with van der Waals surface area (Å²) in [5.74, 6) is -0.242. The third kappa shape index (κ3) is 3.43. The molecule has 0 radical (unpaired) electrons. The van der Waals surface area contributed by atoms with E-state index in [1.165, 1.54) is 6.20 Å². The fourth-order valence-corrected chi connectivity index (χ4v) is 3.04. The van der Waals surface area contributed by atoms with E-state index in [2.05, 4.69) is 54.8 Å². The maximum absolute atomic E-state index is 11.3. The van der Waals surface area contributed by atoms with E-state index in [0.29, 0.717) is 5.95 Å². The highest BCUT2D eigenvalue weighted by atomic mass is 16.1. The van der Waals surface area contributed by atoms with E-state index in [0.717, 1.165) is 22.2 Å². The van der Waals surface area contributed by atoms with Crippen LogP contribution in [0.1, 0.15) is 30.2 Å². The summed E-state index contributed by atoms with van der Waals surface area (Å²) < 4.78 is 2.15. The lowest BCUT2D eigenvalue weighted by atomic mass is 10.1. The zero-order valence-corrected chi connectivity index (χ0v) is 15.9. The van der Waals surface area contributed by atoms with E-state index in [-0.39, 0.29) is 23.4 Å². The van der Waals surface area contributed by atoms with Crippen LogP contribution < -0.4 is 16.8 Å². The molecule has 0 fully saturated rings. The first-order valence-corrected chi connectivity index (χ1v) is 8.91. The van der Waals surface area contributed by atoms with E-state index in [4.69, 9.17) is 11.5 Å². The SMILES string of the molecule is CC(C)n1cc(-c2ccnc(Nc3ncc(C(N)=O)c(N)n3)n2)c2ccncc21. The topological polar surface area (TPSA) is 151 Å². The average Bonchev–Trinajstić information content (AvgIpc) is 3.08. The number of nitrogens with two attached hydrogens (primary N) is 2. The smallest absolute Gasteiger partial charge is 0.254 e. The van der Waals surface area contributed by atoms with E-state index in [9.17, 15) is 4.79 Å². The van der Waals surface area contributed by atoms with Gasteiger partial charge in [-0.1, -0.05) is 0 Å². The molecule has 4 aromatic rings. The van der Waals surface area contributed by atoms with Crippen molar-refractivity contribution < 1.29 is 4.79 Å². The first kappa shape index (κ1) is 18.3. The van der Waals surface area contributed by atoms with Crippen molar-refractivity contribution in [3.05, 3.63) is 48.7 Å². The molecule has 4 aromatic heterocycles. The van der Waals surface area contributed by atoms with Crippen molar-refractivity contribution in [3.63, 3.8) is 0 Å². The minimum Gasteiger partial charge on any atom is -0.383 e. The largest absolute Gasteiger partial charge is 0.383 e. The van der Waals surface area contributed by atoms with Gasteiger partial charge in [0.15, 0.2) is 0 Å². The molecule has 10 heteroatoms. The number of primary amides is 1. The average molecular weight is 389 g/mol. The Kier molecular flexibility index (Phi) is 4.51. The number of nitrogens with zero attached hydrogens (tertiary/aromatic N) is 6. The van der Waals surface area contributed by atoms with Gasteiger partial charge in [-0.2, -0.15) is 4.98 Å². The van der Waals surface area contributed by atoms with Crippen LogP contribution in [-0.2, 0) is 0 Å². The highest BCUT2D eigenvalue weighted by Gasteiger charge is 2.15. The first-order chi connectivity index (χ1) is 13.9. The summed E-state index contributed by atoms with van der Waals surface area (Å²) >= 11 is 0. The second-order valence-corrected chi connectivity index (χ2v) is 6.68. The Morgan fingerprint density at radius 1 is 1.10 bits per heavy atom. The molecule has 29 heavy (non-hydrogen) atoms. The van der Waals surface area contributed by atoms with Gasteiger partial charge in [-0.05, 0) is 26.0 Å². The number of pyridine rings is 1. The summed E-state index contributed by atoms with van der Waals surface area (Å²) in [5, 5.41) is 3.95. The Morgan fingerprint density at radius 2 is 1.90 bits per heavy atom. The zero-order valence-electron chi connectivity index (χ0n) is 15.9. The highest BCUT2D eigenvalue weighted by molar-refractivity contribution is 5.97. The summed E-state index contributed by atoms with van der Waals surface area (Å²) in [4.78, 5) is 32.4. The maximum atomic E-state index is 11.3. The van der Waals surface area contributed by atoms with Crippen molar-refractivity contribution in [1.29, 1.82) is 0 Å². The first-order valence-electron chi connectivity index (χ1n) is 8.91. The molecule has 10 nitrogen and oxygen atoms in total. The predicted octanol–water partition coefficient (Wildman–Crippen LogP) is 2.29. The number of nitrogens with one attached hydrogen (secondary N) is 1. The molecule has 146 valence electrons. The lowest BCUT2D eigenvalue weighted by Crippen LogP contribution is -2.16. The Morgan fingerprint density at radius 3 is 2.62 bits per heavy atom. The molecular formula is C19H19N9O. The van der Waals surface area contributed by atoms with Crippen molar-refractivity contribution in [1.82, 2.24) is 29.5 Å². The van der Waals surface area contributed by atoms with Gasteiger partial charge in [0.25, 0.3) is 5.91 Å². The number of amides is 1. The molecule has 4 heterocycles. The van der Waals surface area contributed by atoms with Crippen LogP contribution in [0.4, 0.5) is 17.7 Å². The van der Waals surface area contributed by atoms with Crippen LogP contribution in [-0.4, -0.2) is 35.4 Å². The molecule has 0 aliphatic carbocycles. The maximum Gasteiger partial charge on any atom is 0.254 e. The van der Waals surface area contributed by atoms with Crippen LogP contribution >= 0.6 is 0 Å². The number of nitrogen functional groups attached to an aromatic ring is 1. The van der Waals surface area contributed by atoms with Gasteiger partial charge in [0, 0.05) is 41.8 Å². The van der Waals surface area contributed by atoms with Gasteiger partial charge >= 0.3 is 0 Å². The highest BCUT2D eigenvalue weighted by Crippen LogP contribution is 2.31. The van der Waals surface area contributed by atoms with Crippen LogP contribution in [0.15, 0.2) is 43.1 Å². The fraction of sp³-hybridized carbons (Fsp3) is 0.158. The van der Waals surface area contributed by atoms with Gasteiger partial charge in [0.1, 0.15) is 5.82 Å². The summed E-state index contributed by atoms with van der Waals surface area (Å²) in [6, 6.07) is 4.07. The van der Waals surface area contributed by atoms with Gasteiger partial charge in [0.05, 0.1) is 23.0 Å². The lowest BCUT2D eigenvalue weighted by molar-refractivity contribution is 0.100. The fourth-order valence-electron chi connectivity index (χ4n) is 3.04. The second-order valence-electron chi connectivity index (χ2n) is 6.68. The summed E-state index contributed by atoms with van der Waals surface area (Å²) in [7, 11) is 0. The molecule has 0 aliphatic rings. The number of aromatic nitrogens is 6. The molecular weight excluding hydrogens is 370 g/mol. The Bertz CT molecular complexity index is 1220. The number of carbonyl (C=O) groups excluding carboxylic acids is 1. The Labute approximate surface area is 166 Å². The molecule has 4 rings (SSSR count). The van der Waals surface area contributed by atoms with Crippen molar-refractivity contribution in [2.45, 2.75) is 19.9 Å². The van der Waals surface area contributed by atoms with Crippen molar-refractivity contribution in [2.75, 3.05) is 11.1 Å². The third-order valence-electron chi connectivity index (χ3n) is 4.43. The van der Waals surface area contributed by atoms with Crippen LogP contribution in [0.3, 0.4) is 0 Å². The van der Waals surface area contributed by atoms with Crippen LogP contribution in [0, 0.1) is 0 Å². The third-order valence-corrected chi connectivity index (χ3v) is 4.43. The molecule has 0 atom stereocenters. The number of rotatable bonds is 5. The van der Waals surface area contributed by atoms with Crippen LogP contribution in [0.25, 0.3) is 22.2 Å². The molecule has 0 saturated carbocycles. The summed E-state index contributed by atoms with van der Waals surface area (Å²) in [6.45, 7) is 4.22. The summed E-state index contributed by atoms with van der Waals surface area (Å²) in [6.07, 6.45) is 8.56. The standard InChI is InChI=1S/C19H19N9O/c1-10(2)28-9-13(11-3-5-22-8-15(11)28)14-4-6-23-18(25-14)27-19-24-7-12(17(21)29)16(20)26-19/h3-10H,1-2H3,(H2,21,29)(H3,20,23,24,25,26,27). The van der Waals surface area contributed by atoms with Gasteiger partial charge < -0.3 is 16.0 Å². The van der Waals surface area contributed by atoms with E-state index < -0.39 is 5.91 Å². The molecule has 1 amide bonds. The monoisotopic (exact) mass is 389 g/mol. The van der Waals surface area contributed by atoms with Crippen LogP contribution in [0.2, 0.25) is 0 Å². The van der Waals surface area contributed by atoms with Crippen molar-refractivity contribution in [2.24, 2.45) is 5.73 Å². The number of hydrogen-bond donors (Lipinski definition) is 3. The van der Waals surface area contributed by atoms with Gasteiger partial charge in [0.2, 0.25) is 11.9 Å². The van der Waals surface area contributed by atoms with E-state index in [1.807, 2.05) is 18.3 Å². The second kappa shape index (κ2) is 7.15. The predicted molar refractivity (Wildman–Crippen MR) is 109 cm³/mol. The minimum absolute atomic E-state index is 0.0151. The zero-order chi connectivity index (χ0) is 20.5. The van der Waals surface area contributed by atoms with Crippen molar-refractivity contribution >= 4 is 34.5 Å². The van der Waals surface area contributed by atoms with Gasteiger partial charge in [-0.15, -0.1) is 0 Å². The summed E-state index contributed by atoms with van der Waals surface area (Å²) in [5.41, 5.74) is 13.8. The number of anilines is 3. The molecule has 0 bridgehead atoms. The molecule has 5 N–H and O–H groups in total. The van der Waals surface area contributed by atoms with Gasteiger partial charge in [-0.3, -0.25) is 15.1 Å². The quantitative estimate of drug-likeness (QED) is 0.470. The Balaban J connectivity index is 1.71. The van der Waals surface area contributed by atoms with Crippen LogP contribution in [0.5, 0.6) is 0 Å². The normalized spacial score (nSPS) is 11.1. The number of carbonyl (C=O) groups is 1. The number of fused-ring (bicyclic) bond motifs is 1. The molecule has 0 saturated heterocycles. The molecule has 0 aliphatic heterocycles. The lowest BCUT2D eigenvalue weighted by Gasteiger charge is -2.08. The van der Waals surface area contributed by atoms with E-state index in [1.54, 1.807) is 12.4 Å². The molecule has 0 unspecified atom stereocenters. The van der Waals surface area contributed by atoms with E-state index >= 15 is 0 Å².